The SMILES string of the molecule is C[C@H]1CCc2c(sc(NC(=O)[C@@H]3CC=CC[C@@H]3C(=O)[O-])c2C(N)=O)C1. The Bertz CT molecular complexity index is 753. The van der Waals surface area contributed by atoms with Crippen molar-refractivity contribution in [2.45, 2.75) is 39.0 Å². The average Bonchev–Trinajstić information content (AvgIpc) is 2.91. The van der Waals surface area contributed by atoms with Crippen molar-refractivity contribution in [2.75, 3.05) is 5.32 Å². The number of hydrogen-bond donors (Lipinski definition) is 2. The number of nitrogens with one attached hydrogen (secondary N) is 1. The first-order valence-electron chi connectivity index (χ1n) is 8.49. The molecular weight excluding hydrogens is 340 g/mol. The molecule has 2 amide bonds. The number of thiophene rings is 1. The molecule has 2 aliphatic rings. The highest BCUT2D eigenvalue weighted by molar-refractivity contribution is 7.17. The van der Waals surface area contributed by atoms with Crippen molar-refractivity contribution < 1.29 is 19.5 Å². The number of hydrogen-bond acceptors (Lipinski definition) is 5. The molecule has 0 radical (unpaired) electrons. The molecule has 0 aromatic carbocycles. The van der Waals surface area contributed by atoms with Crippen molar-refractivity contribution >= 4 is 34.1 Å². The van der Waals surface area contributed by atoms with Crippen molar-refractivity contribution in [1.82, 2.24) is 0 Å². The minimum atomic E-state index is -1.22. The van der Waals surface area contributed by atoms with Gasteiger partial charge in [0.25, 0.3) is 5.91 Å². The first-order valence-corrected chi connectivity index (χ1v) is 9.31. The highest BCUT2D eigenvalue weighted by Crippen LogP contribution is 2.40. The predicted octanol–water partition coefficient (Wildman–Crippen LogP) is 1.24. The van der Waals surface area contributed by atoms with Gasteiger partial charge >= 0.3 is 0 Å². The number of carboxylic acids is 1. The number of rotatable bonds is 4. The van der Waals surface area contributed by atoms with Gasteiger partial charge in [-0.25, -0.2) is 0 Å². The van der Waals surface area contributed by atoms with E-state index in [1.807, 2.05) is 0 Å². The molecule has 3 atom stereocenters. The summed E-state index contributed by atoms with van der Waals surface area (Å²) in [5.74, 6) is -3.19. The molecule has 1 aromatic rings. The second kappa shape index (κ2) is 7.00. The van der Waals surface area contributed by atoms with E-state index in [0.29, 0.717) is 22.9 Å². The standard InChI is InChI=1S/C18H22N2O4S/c1-9-6-7-12-13(8-9)25-17(14(12)15(19)21)20-16(22)10-4-2-3-5-11(10)18(23)24/h2-3,9-11H,4-8H2,1H3,(H2,19,21)(H,20,22)(H,23,24)/p-1/t9-,10+,11-/m0/s1. The van der Waals surface area contributed by atoms with Crippen molar-refractivity contribution in [3.63, 3.8) is 0 Å². The van der Waals surface area contributed by atoms with Crippen molar-refractivity contribution in [3.05, 3.63) is 28.2 Å². The smallest absolute Gasteiger partial charge is 0.251 e. The maximum absolute atomic E-state index is 12.7. The quantitative estimate of drug-likeness (QED) is 0.786. The van der Waals surface area contributed by atoms with Crippen LogP contribution in [0.3, 0.4) is 0 Å². The molecule has 0 saturated carbocycles. The van der Waals surface area contributed by atoms with Crippen molar-refractivity contribution in [1.29, 1.82) is 0 Å². The summed E-state index contributed by atoms with van der Waals surface area (Å²) in [5, 5.41) is 14.5. The monoisotopic (exact) mass is 361 g/mol. The van der Waals surface area contributed by atoms with Gasteiger partial charge in [0.1, 0.15) is 5.00 Å². The van der Waals surface area contributed by atoms with Crippen LogP contribution in [0.15, 0.2) is 12.2 Å². The maximum atomic E-state index is 12.7. The predicted molar refractivity (Wildman–Crippen MR) is 93.0 cm³/mol. The number of primary amides is 1. The molecule has 0 saturated heterocycles. The molecule has 0 aliphatic heterocycles. The summed E-state index contributed by atoms with van der Waals surface area (Å²) >= 11 is 1.38. The number of allylic oxidation sites excluding steroid dienone is 2. The van der Waals surface area contributed by atoms with Crippen LogP contribution in [-0.2, 0) is 22.4 Å². The Balaban J connectivity index is 1.87. The fourth-order valence-electron chi connectivity index (χ4n) is 3.67. The van der Waals surface area contributed by atoms with Crippen LogP contribution in [0.25, 0.3) is 0 Å². The average molecular weight is 361 g/mol. The number of fused-ring (bicyclic) bond motifs is 1. The molecule has 0 unspecified atom stereocenters. The summed E-state index contributed by atoms with van der Waals surface area (Å²) < 4.78 is 0. The van der Waals surface area contributed by atoms with E-state index in [1.165, 1.54) is 11.3 Å². The van der Waals surface area contributed by atoms with Crippen LogP contribution in [0.5, 0.6) is 0 Å². The Labute approximate surface area is 150 Å². The zero-order chi connectivity index (χ0) is 18.1. The lowest BCUT2D eigenvalue weighted by Gasteiger charge is -2.28. The number of anilines is 1. The largest absolute Gasteiger partial charge is 0.550 e. The number of amides is 2. The molecule has 6 nitrogen and oxygen atoms in total. The molecule has 3 rings (SSSR count). The lowest BCUT2D eigenvalue weighted by atomic mass is 9.82. The number of carbonyl (C=O) groups excluding carboxylic acids is 3. The van der Waals surface area contributed by atoms with Gasteiger partial charge in [0, 0.05) is 16.8 Å². The van der Waals surface area contributed by atoms with Gasteiger partial charge in [0.05, 0.1) is 11.5 Å². The van der Waals surface area contributed by atoms with Crippen LogP contribution >= 0.6 is 11.3 Å². The number of carboxylic acid groups (broad SMARTS) is 1. The van der Waals surface area contributed by atoms with Gasteiger partial charge in [0.2, 0.25) is 5.91 Å². The van der Waals surface area contributed by atoms with Gasteiger partial charge in [-0.1, -0.05) is 19.1 Å². The highest BCUT2D eigenvalue weighted by Gasteiger charge is 2.32. The zero-order valence-electron chi connectivity index (χ0n) is 14.0. The molecule has 0 fully saturated rings. The van der Waals surface area contributed by atoms with E-state index < -0.39 is 29.6 Å². The minimum Gasteiger partial charge on any atom is -0.550 e. The van der Waals surface area contributed by atoms with E-state index in [-0.39, 0.29) is 6.42 Å². The van der Waals surface area contributed by atoms with Gasteiger partial charge in [-0.3, -0.25) is 9.59 Å². The second-order valence-corrected chi connectivity index (χ2v) is 7.99. The van der Waals surface area contributed by atoms with Gasteiger partial charge in [-0.15, -0.1) is 11.3 Å². The molecule has 0 spiro atoms. The van der Waals surface area contributed by atoms with E-state index in [1.54, 1.807) is 12.2 Å². The lowest BCUT2D eigenvalue weighted by molar-refractivity contribution is -0.313. The maximum Gasteiger partial charge on any atom is 0.251 e. The Morgan fingerprint density at radius 1 is 1.24 bits per heavy atom. The number of carbonyl (C=O) groups is 3. The molecule has 1 heterocycles. The van der Waals surface area contributed by atoms with Crippen molar-refractivity contribution in [2.24, 2.45) is 23.5 Å². The molecule has 2 aliphatic carbocycles. The first kappa shape index (κ1) is 17.7. The fourth-order valence-corrected chi connectivity index (χ4v) is 5.09. The third kappa shape index (κ3) is 3.46. The third-order valence-corrected chi connectivity index (χ3v) is 6.24. The Kier molecular flexibility index (Phi) is 4.94. The van der Waals surface area contributed by atoms with Crippen LogP contribution in [-0.4, -0.2) is 17.8 Å². The summed E-state index contributed by atoms with van der Waals surface area (Å²) in [5.41, 5.74) is 6.87. The molecule has 134 valence electrons. The van der Waals surface area contributed by atoms with E-state index in [9.17, 15) is 19.5 Å². The molecule has 25 heavy (non-hydrogen) atoms. The Hall–Kier alpha value is -2.15. The Morgan fingerprint density at radius 3 is 2.56 bits per heavy atom. The van der Waals surface area contributed by atoms with E-state index in [0.717, 1.165) is 29.7 Å². The van der Waals surface area contributed by atoms with Crippen LogP contribution in [0, 0.1) is 17.8 Å². The van der Waals surface area contributed by atoms with Gasteiger partial charge < -0.3 is 21.0 Å². The van der Waals surface area contributed by atoms with Crippen LogP contribution in [0.4, 0.5) is 5.00 Å². The van der Waals surface area contributed by atoms with Crippen LogP contribution < -0.4 is 16.2 Å². The molecular formula is C18H21N2O4S-. The number of aliphatic carboxylic acids is 1. The van der Waals surface area contributed by atoms with Crippen molar-refractivity contribution in [3.8, 4) is 0 Å². The minimum absolute atomic E-state index is 0.279. The summed E-state index contributed by atoms with van der Waals surface area (Å²) in [4.78, 5) is 37.0. The Morgan fingerprint density at radius 2 is 1.92 bits per heavy atom. The van der Waals surface area contributed by atoms with Gasteiger partial charge in [0.15, 0.2) is 0 Å². The summed E-state index contributed by atoms with van der Waals surface area (Å²) in [6, 6.07) is 0. The van der Waals surface area contributed by atoms with Crippen LogP contribution in [0.1, 0.15) is 47.0 Å². The summed E-state index contributed by atoms with van der Waals surface area (Å²) in [6.07, 6.45) is 6.81. The van der Waals surface area contributed by atoms with Gasteiger partial charge in [-0.05, 0) is 43.6 Å². The molecule has 1 aromatic heterocycles. The van der Waals surface area contributed by atoms with E-state index in [4.69, 9.17) is 5.73 Å². The van der Waals surface area contributed by atoms with Crippen LogP contribution in [0.2, 0.25) is 0 Å². The number of nitrogens with two attached hydrogens (primary N) is 1. The fraction of sp³-hybridized carbons (Fsp3) is 0.500. The summed E-state index contributed by atoms with van der Waals surface area (Å²) in [7, 11) is 0. The molecule has 0 bridgehead atoms. The van der Waals surface area contributed by atoms with E-state index >= 15 is 0 Å². The zero-order valence-corrected chi connectivity index (χ0v) is 14.9. The second-order valence-electron chi connectivity index (χ2n) is 6.88. The topological polar surface area (TPSA) is 112 Å². The van der Waals surface area contributed by atoms with Gasteiger partial charge in [-0.2, -0.15) is 0 Å². The molecule has 7 heteroatoms. The summed E-state index contributed by atoms with van der Waals surface area (Å²) in [6.45, 7) is 2.16. The normalized spacial score (nSPS) is 25.2. The third-order valence-electron chi connectivity index (χ3n) is 5.07. The van der Waals surface area contributed by atoms with E-state index in [2.05, 4.69) is 12.2 Å². The molecule has 3 N–H and O–H groups in total. The first-order chi connectivity index (χ1) is 11.9. The lowest BCUT2D eigenvalue weighted by Crippen LogP contribution is -2.41. The highest BCUT2D eigenvalue weighted by atomic mass is 32.1.